The molecule has 0 amide bonds. The van der Waals surface area contributed by atoms with Crippen LogP contribution in [0.2, 0.25) is 0 Å². The highest BCUT2D eigenvalue weighted by molar-refractivity contribution is 5.16. The lowest BCUT2D eigenvalue weighted by Gasteiger charge is -2.38. The van der Waals surface area contributed by atoms with Crippen LogP contribution >= 0.6 is 0 Å². The first-order valence-electron chi connectivity index (χ1n) is 5.81. The Hall–Kier alpha value is -0.930. The molecule has 1 aromatic rings. The number of piperazine rings is 1. The van der Waals surface area contributed by atoms with Crippen molar-refractivity contribution < 1.29 is 0 Å². The lowest BCUT2D eigenvalue weighted by molar-refractivity contribution is 0.138. The molecule has 3 rings (SSSR count). The third kappa shape index (κ3) is 1.66. The number of pyridine rings is 1. The van der Waals surface area contributed by atoms with Gasteiger partial charge in [-0.1, -0.05) is 6.07 Å². The second kappa shape index (κ2) is 3.91. The molecule has 0 saturated carbocycles. The summed E-state index contributed by atoms with van der Waals surface area (Å²) in [5.74, 6) is 0. The van der Waals surface area contributed by atoms with E-state index >= 15 is 0 Å². The minimum absolute atomic E-state index is 0.542. The number of fused-ring (bicyclic) bond motifs is 1. The van der Waals surface area contributed by atoms with Crippen molar-refractivity contribution in [3.8, 4) is 0 Å². The number of nitrogens with zero attached hydrogens (tertiary/aromatic N) is 2. The number of hydrogen-bond donors (Lipinski definition) is 1. The van der Waals surface area contributed by atoms with Gasteiger partial charge < -0.3 is 5.32 Å². The third-order valence-corrected chi connectivity index (χ3v) is 3.61. The van der Waals surface area contributed by atoms with E-state index in [1.807, 2.05) is 18.5 Å². The van der Waals surface area contributed by atoms with E-state index in [1.54, 1.807) is 0 Å². The largest absolute Gasteiger partial charge is 0.313 e. The molecular weight excluding hydrogens is 186 g/mol. The van der Waals surface area contributed by atoms with Gasteiger partial charge in [-0.05, 0) is 31.0 Å². The molecule has 0 spiro atoms. The fraction of sp³-hybridized carbons (Fsp3) is 0.583. The van der Waals surface area contributed by atoms with Gasteiger partial charge in [-0.25, -0.2) is 0 Å². The molecule has 2 saturated heterocycles. The van der Waals surface area contributed by atoms with Gasteiger partial charge in [0.25, 0.3) is 0 Å². The number of hydrogen-bond acceptors (Lipinski definition) is 3. The Morgan fingerprint density at radius 2 is 2.40 bits per heavy atom. The van der Waals surface area contributed by atoms with Crippen LogP contribution in [0.25, 0.3) is 0 Å². The van der Waals surface area contributed by atoms with Crippen LogP contribution in [0.15, 0.2) is 24.5 Å². The summed E-state index contributed by atoms with van der Waals surface area (Å²) in [6.07, 6.45) is 6.56. The molecule has 1 aromatic heterocycles. The molecule has 3 nitrogen and oxygen atoms in total. The van der Waals surface area contributed by atoms with Gasteiger partial charge in [0.15, 0.2) is 0 Å². The minimum Gasteiger partial charge on any atom is -0.313 e. The summed E-state index contributed by atoms with van der Waals surface area (Å²) in [7, 11) is 0. The van der Waals surface area contributed by atoms with Gasteiger partial charge in [0.2, 0.25) is 0 Å². The van der Waals surface area contributed by atoms with Crippen molar-refractivity contribution in [1.82, 2.24) is 15.2 Å². The monoisotopic (exact) mass is 203 g/mol. The molecular formula is C12H17N3. The zero-order valence-electron chi connectivity index (χ0n) is 8.89. The van der Waals surface area contributed by atoms with Crippen molar-refractivity contribution in [2.75, 3.05) is 19.6 Å². The average molecular weight is 203 g/mol. The molecule has 2 fully saturated rings. The first-order valence-corrected chi connectivity index (χ1v) is 5.81. The van der Waals surface area contributed by atoms with Crippen LogP contribution in [0.4, 0.5) is 0 Å². The Balaban J connectivity index is 1.85. The lowest BCUT2D eigenvalue weighted by Crippen LogP contribution is -2.49. The molecule has 1 N–H and O–H groups in total. The van der Waals surface area contributed by atoms with Crippen molar-refractivity contribution >= 4 is 0 Å². The summed E-state index contributed by atoms with van der Waals surface area (Å²) in [6, 6.07) is 5.53. The molecule has 0 bridgehead atoms. The zero-order valence-corrected chi connectivity index (χ0v) is 8.89. The Morgan fingerprint density at radius 3 is 3.27 bits per heavy atom. The summed E-state index contributed by atoms with van der Waals surface area (Å²) in [5, 5.41) is 3.54. The maximum absolute atomic E-state index is 4.22. The molecule has 0 radical (unpaired) electrons. The maximum Gasteiger partial charge on any atom is 0.0491 e. The van der Waals surface area contributed by atoms with Crippen LogP contribution in [0.1, 0.15) is 24.4 Å². The first kappa shape index (κ1) is 9.31. The van der Waals surface area contributed by atoms with Crippen LogP contribution in [-0.2, 0) is 0 Å². The number of aromatic nitrogens is 1. The van der Waals surface area contributed by atoms with Crippen molar-refractivity contribution in [1.29, 1.82) is 0 Å². The molecule has 1 unspecified atom stereocenters. The molecule has 0 aliphatic carbocycles. The highest BCUT2D eigenvalue weighted by atomic mass is 15.3. The van der Waals surface area contributed by atoms with Gasteiger partial charge in [0.05, 0.1) is 0 Å². The Kier molecular flexibility index (Phi) is 2.43. The van der Waals surface area contributed by atoms with Gasteiger partial charge in [-0.3, -0.25) is 9.88 Å². The van der Waals surface area contributed by atoms with Crippen LogP contribution < -0.4 is 5.32 Å². The van der Waals surface area contributed by atoms with E-state index in [4.69, 9.17) is 0 Å². The average Bonchev–Trinajstić information content (AvgIpc) is 2.78. The predicted molar refractivity (Wildman–Crippen MR) is 59.6 cm³/mol. The molecule has 2 aliphatic rings. The normalized spacial score (nSPS) is 31.5. The molecule has 0 aromatic carbocycles. The van der Waals surface area contributed by atoms with Crippen molar-refractivity contribution in [3.63, 3.8) is 0 Å². The summed E-state index contributed by atoms with van der Waals surface area (Å²) < 4.78 is 0. The van der Waals surface area contributed by atoms with Gasteiger partial charge in [-0.2, -0.15) is 0 Å². The van der Waals surface area contributed by atoms with E-state index in [9.17, 15) is 0 Å². The van der Waals surface area contributed by atoms with E-state index in [0.29, 0.717) is 6.04 Å². The maximum atomic E-state index is 4.22. The van der Waals surface area contributed by atoms with Crippen LogP contribution in [0.3, 0.4) is 0 Å². The topological polar surface area (TPSA) is 28.2 Å². The number of rotatable bonds is 1. The first-order chi connectivity index (χ1) is 7.45. The van der Waals surface area contributed by atoms with E-state index in [0.717, 1.165) is 19.1 Å². The zero-order chi connectivity index (χ0) is 10.1. The standard InChI is InChI=1S/C12H17N3/c1-3-10(7-13-5-1)12-9-14-8-11-4-2-6-15(11)12/h1,3,5,7,11-12,14H,2,4,6,8-9H2/t11-,12?/m0/s1. The Morgan fingerprint density at radius 1 is 1.40 bits per heavy atom. The summed E-state index contributed by atoms with van der Waals surface area (Å²) >= 11 is 0. The predicted octanol–water partition coefficient (Wildman–Crippen LogP) is 1.19. The Bertz CT molecular complexity index is 325. The second-order valence-corrected chi connectivity index (χ2v) is 4.49. The molecule has 3 heterocycles. The van der Waals surface area contributed by atoms with Crippen LogP contribution in [-0.4, -0.2) is 35.6 Å². The van der Waals surface area contributed by atoms with Crippen molar-refractivity contribution in [2.24, 2.45) is 0 Å². The SMILES string of the molecule is c1cncc(C2CNC[C@@H]3CCCN23)c1. The molecule has 80 valence electrons. The minimum atomic E-state index is 0.542. The summed E-state index contributed by atoms with van der Waals surface area (Å²) in [4.78, 5) is 6.87. The van der Waals surface area contributed by atoms with Gasteiger partial charge in [0.1, 0.15) is 0 Å². The summed E-state index contributed by atoms with van der Waals surface area (Å²) in [5.41, 5.74) is 1.36. The molecule has 3 heteroatoms. The fourth-order valence-electron chi connectivity index (χ4n) is 2.87. The third-order valence-electron chi connectivity index (χ3n) is 3.61. The van der Waals surface area contributed by atoms with E-state index in [1.165, 1.54) is 24.9 Å². The van der Waals surface area contributed by atoms with E-state index < -0.39 is 0 Å². The summed E-state index contributed by atoms with van der Waals surface area (Å²) in [6.45, 7) is 3.49. The molecule has 2 aliphatic heterocycles. The smallest absolute Gasteiger partial charge is 0.0491 e. The fourth-order valence-corrected chi connectivity index (χ4v) is 2.87. The lowest BCUT2D eigenvalue weighted by atomic mass is 10.0. The highest BCUT2D eigenvalue weighted by Crippen LogP contribution is 2.30. The quantitative estimate of drug-likeness (QED) is 0.743. The van der Waals surface area contributed by atoms with Crippen LogP contribution in [0, 0.1) is 0 Å². The van der Waals surface area contributed by atoms with E-state index in [-0.39, 0.29) is 0 Å². The van der Waals surface area contributed by atoms with E-state index in [2.05, 4.69) is 21.3 Å². The number of nitrogens with one attached hydrogen (secondary N) is 1. The van der Waals surface area contributed by atoms with Crippen molar-refractivity contribution in [3.05, 3.63) is 30.1 Å². The molecule has 2 atom stereocenters. The van der Waals surface area contributed by atoms with Crippen molar-refractivity contribution in [2.45, 2.75) is 24.9 Å². The second-order valence-electron chi connectivity index (χ2n) is 4.49. The van der Waals surface area contributed by atoms with Gasteiger partial charge in [0, 0.05) is 37.6 Å². The highest BCUT2D eigenvalue weighted by Gasteiger charge is 2.34. The van der Waals surface area contributed by atoms with Gasteiger partial charge in [-0.15, -0.1) is 0 Å². The van der Waals surface area contributed by atoms with Gasteiger partial charge >= 0.3 is 0 Å². The Labute approximate surface area is 90.5 Å². The van der Waals surface area contributed by atoms with Crippen LogP contribution in [0.5, 0.6) is 0 Å². The molecule has 15 heavy (non-hydrogen) atoms.